The third-order valence-corrected chi connectivity index (χ3v) is 6.61. The van der Waals surface area contributed by atoms with Crippen LogP contribution in [0.5, 0.6) is 0 Å². The molecule has 4 heteroatoms. The van der Waals surface area contributed by atoms with Crippen LogP contribution >= 0.6 is 11.3 Å². The Morgan fingerprint density at radius 3 is 2.67 bits per heavy atom. The maximum atomic E-state index is 13.1. The molecule has 0 saturated carbocycles. The van der Waals surface area contributed by atoms with Gasteiger partial charge in [0.05, 0.1) is 31.9 Å². The molecule has 1 aliphatic carbocycles. The van der Waals surface area contributed by atoms with Crippen molar-refractivity contribution >= 4 is 32.3 Å². The fourth-order valence-electron chi connectivity index (χ4n) is 4.42. The number of fused-ring (bicyclic) bond motifs is 6. The summed E-state index contributed by atoms with van der Waals surface area (Å²) in [5.41, 5.74) is 5.54. The highest BCUT2D eigenvalue weighted by molar-refractivity contribution is 7.21. The molecule has 2 aromatic carbocycles. The van der Waals surface area contributed by atoms with Gasteiger partial charge in [-0.25, -0.2) is 4.98 Å². The second kappa shape index (κ2) is 5.51. The van der Waals surface area contributed by atoms with Gasteiger partial charge in [0.1, 0.15) is 0 Å². The molecule has 0 fully saturated rings. The van der Waals surface area contributed by atoms with E-state index in [1.807, 2.05) is 24.3 Å². The van der Waals surface area contributed by atoms with Gasteiger partial charge in [0.15, 0.2) is 5.43 Å². The predicted octanol–water partition coefficient (Wildman–Crippen LogP) is 5.33. The van der Waals surface area contributed by atoms with Gasteiger partial charge in [0.25, 0.3) is 0 Å². The lowest BCUT2D eigenvalue weighted by atomic mass is 10.0. The van der Waals surface area contributed by atoms with Gasteiger partial charge in [-0.3, -0.25) is 4.79 Å². The molecule has 3 aliphatic rings. The standard InChI is InChI=1S/C23H16N2OS/c26-17-13-19-22(24-15-9-4-5-11-18(15)27-19)21-20(17)16-10-6-12-25(16)23(21)14-7-2-1-3-8-14/h1-5,7-9,11,13H,6,10,12H2. The van der Waals surface area contributed by atoms with E-state index in [9.17, 15) is 4.79 Å². The second-order valence-corrected chi connectivity index (χ2v) is 8.15. The molecule has 0 atom stereocenters. The molecule has 0 N–H and O–H groups in total. The summed E-state index contributed by atoms with van der Waals surface area (Å²) >= 11 is 1.65. The Bertz CT molecular complexity index is 1360. The van der Waals surface area contributed by atoms with Crippen LogP contribution in [0.15, 0.2) is 65.5 Å². The van der Waals surface area contributed by atoms with E-state index in [0.717, 1.165) is 62.2 Å². The molecular weight excluding hydrogens is 352 g/mol. The molecular formula is C23H16N2OS. The molecule has 0 amide bonds. The number of rotatable bonds is 1. The zero-order valence-corrected chi connectivity index (χ0v) is 15.4. The fraction of sp³-hybridized carbons (Fsp3) is 0.130. The Morgan fingerprint density at radius 2 is 1.78 bits per heavy atom. The van der Waals surface area contributed by atoms with Crippen LogP contribution in [0.4, 0.5) is 0 Å². The average molecular weight is 368 g/mol. The largest absolute Gasteiger partial charge is 0.343 e. The number of hydrogen-bond donors (Lipinski definition) is 0. The minimum absolute atomic E-state index is 0.124. The van der Waals surface area contributed by atoms with E-state index in [4.69, 9.17) is 4.98 Å². The lowest BCUT2D eigenvalue weighted by Crippen LogP contribution is -2.03. The van der Waals surface area contributed by atoms with Gasteiger partial charge in [-0.1, -0.05) is 42.5 Å². The number of para-hydroxylation sites is 1. The van der Waals surface area contributed by atoms with Gasteiger partial charge < -0.3 is 4.57 Å². The highest BCUT2D eigenvalue weighted by atomic mass is 32.1. The predicted molar refractivity (Wildman–Crippen MR) is 112 cm³/mol. The normalized spacial score (nSPS) is 13.6. The van der Waals surface area contributed by atoms with Crippen LogP contribution in [0.3, 0.4) is 0 Å². The van der Waals surface area contributed by atoms with E-state index in [2.05, 4.69) is 34.9 Å². The van der Waals surface area contributed by atoms with Gasteiger partial charge >= 0.3 is 0 Å². The van der Waals surface area contributed by atoms with Crippen molar-refractivity contribution in [2.45, 2.75) is 19.4 Å². The molecule has 0 unspecified atom stereocenters. The first-order chi connectivity index (χ1) is 13.3. The minimum atomic E-state index is 0.124. The molecule has 130 valence electrons. The number of hydrogen-bond acceptors (Lipinski definition) is 3. The molecule has 0 saturated heterocycles. The summed E-state index contributed by atoms with van der Waals surface area (Å²) in [5.74, 6) is 0. The molecule has 0 bridgehead atoms. The van der Waals surface area contributed by atoms with Gasteiger partial charge in [-0.2, -0.15) is 0 Å². The smallest absolute Gasteiger partial charge is 0.189 e. The zero-order valence-electron chi connectivity index (χ0n) is 14.6. The highest BCUT2D eigenvalue weighted by Crippen LogP contribution is 2.43. The van der Waals surface area contributed by atoms with Gasteiger partial charge in [0.2, 0.25) is 0 Å². The Labute approximate surface area is 159 Å². The Hall–Kier alpha value is -2.98. The first-order valence-electron chi connectivity index (χ1n) is 9.24. The van der Waals surface area contributed by atoms with Crippen molar-refractivity contribution in [2.75, 3.05) is 0 Å². The lowest BCUT2D eigenvalue weighted by Gasteiger charge is -2.11. The molecule has 1 aromatic heterocycles. The van der Waals surface area contributed by atoms with Crippen molar-refractivity contribution in [1.29, 1.82) is 0 Å². The molecule has 0 spiro atoms. The molecule has 6 rings (SSSR count). The Balaban J connectivity index is 1.86. The Kier molecular flexibility index (Phi) is 3.08. The molecule has 3 aromatic rings. The molecule has 3 heterocycles. The topological polar surface area (TPSA) is 34.9 Å². The summed E-state index contributed by atoms with van der Waals surface area (Å²) in [6.07, 6.45) is 2.05. The SMILES string of the molecule is O=c1cc2sc3ccccc3nc-2c2c(-c3ccccc3)n3c(c12)CCC3. The van der Waals surface area contributed by atoms with Crippen molar-refractivity contribution in [3.63, 3.8) is 0 Å². The summed E-state index contributed by atoms with van der Waals surface area (Å²) in [6, 6.07) is 20.4. The average Bonchev–Trinajstić information content (AvgIpc) is 3.28. The van der Waals surface area contributed by atoms with Crippen LogP contribution < -0.4 is 5.43 Å². The van der Waals surface area contributed by atoms with Crippen LogP contribution in [-0.2, 0) is 13.0 Å². The van der Waals surface area contributed by atoms with Crippen molar-refractivity contribution in [2.24, 2.45) is 0 Å². The number of aromatic nitrogens is 2. The summed E-state index contributed by atoms with van der Waals surface area (Å²) < 4.78 is 3.46. The van der Waals surface area contributed by atoms with Gasteiger partial charge in [0, 0.05) is 23.7 Å². The highest BCUT2D eigenvalue weighted by Gasteiger charge is 2.28. The second-order valence-electron chi connectivity index (χ2n) is 7.07. The number of aryl methyl sites for hydroxylation is 1. The first-order valence-corrected chi connectivity index (χ1v) is 10.1. The van der Waals surface area contributed by atoms with E-state index < -0.39 is 0 Å². The van der Waals surface area contributed by atoms with Crippen LogP contribution in [-0.4, -0.2) is 9.55 Å². The third kappa shape index (κ3) is 2.07. The lowest BCUT2D eigenvalue weighted by molar-refractivity contribution is 0.758. The molecule has 0 radical (unpaired) electrons. The van der Waals surface area contributed by atoms with Crippen LogP contribution in [0.2, 0.25) is 0 Å². The Morgan fingerprint density at radius 1 is 0.963 bits per heavy atom. The summed E-state index contributed by atoms with van der Waals surface area (Å²) in [6.45, 7) is 0.964. The third-order valence-electron chi connectivity index (χ3n) is 5.51. The fourth-order valence-corrected chi connectivity index (χ4v) is 5.43. The minimum Gasteiger partial charge on any atom is -0.343 e. The first kappa shape index (κ1) is 15.1. The van der Waals surface area contributed by atoms with E-state index in [1.54, 1.807) is 17.4 Å². The maximum Gasteiger partial charge on any atom is 0.189 e. The summed E-state index contributed by atoms with van der Waals surface area (Å²) in [4.78, 5) is 19.1. The quantitative estimate of drug-likeness (QED) is 0.375. The van der Waals surface area contributed by atoms with Gasteiger partial charge in [-0.05, 0) is 30.5 Å². The number of benzene rings is 3. The summed E-state index contributed by atoms with van der Waals surface area (Å²) in [7, 11) is 0. The summed E-state index contributed by atoms with van der Waals surface area (Å²) in [5, 5.41) is 1.90. The van der Waals surface area contributed by atoms with Crippen molar-refractivity contribution in [3.8, 4) is 21.8 Å². The van der Waals surface area contributed by atoms with E-state index in [-0.39, 0.29) is 5.43 Å². The zero-order chi connectivity index (χ0) is 18.0. The van der Waals surface area contributed by atoms with Crippen LogP contribution in [0.25, 0.3) is 42.8 Å². The maximum absolute atomic E-state index is 13.1. The van der Waals surface area contributed by atoms with Crippen LogP contribution in [0.1, 0.15) is 12.1 Å². The molecule has 27 heavy (non-hydrogen) atoms. The van der Waals surface area contributed by atoms with E-state index >= 15 is 0 Å². The van der Waals surface area contributed by atoms with E-state index in [1.165, 1.54) is 5.69 Å². The van der Waals surface area contributed by atoms with Crippen molar-refractivity contribution in [3.05, 3.63) is 76.6 Å². The number of nitrogens with zero attached hydrogens (tertiary/aromatic N) is 2. The molecule has 2 aliphatic heterocycles. The monoisotopic (exact) mass is 368 g/mol. The van der Waals surface area contributed by atoms with Crippen LogP contribution in [0, 0.1) is 0 Å². The van der Waals surface area contributed by atoms with Crippen molar-refractivity contribution in [1.82, 2.24) is 9.55 Å². The van der Waals surface area contributed by atoms with Gasteiger partial charge in [-0.15, -0.1) is 11.3 Å². The van der Waals surface area contributed by atoms with Crippen molar-refractivity contribution < 1.29 is 0 Å². The van der Waals surface area contributed by atoms with E-state index in [0.29, 0.717) is 0 Å². The molecule has 3 nitrogen and oxygen atoms in total.